The van der Waals surface area contributed by atoms with Crippen LogP contribution in [0.25, 0.3) is 11.0 Å². The summed E-state index contributed by atoms with van der Waals surface area (Å²) in [5.41, 5.74) is 4.02. The van der Waals surface area contributed by atoms with Gasteiger partial charge in [0.15, 0.2) is 0 Å². The van der Waals surface area contributed by atoms with Gasteiger partial charge in [-0.3, -0.25) is 14.7 Å². The molecule has 0 saturated carbocycles. The number of hydrogen-bond acceptors (Lipinski definition) is 5. The van der Waals surface area contributed by atoms with E-state index in [9.17, 15) is 13.2 Å². The lowest BCUT2D eigenvalue weighted by Gasteiger charge is -2.11. The minimum atomic E-state index is -3.79. The van der Waals surface area contributed by atoms with Crippen molar-refractivity contribution < 1.29 is 22.8 Å². The Balaban J connectivity index is 2.04. The van der Waals surface area contributed by atoms with Crippen LogP contribution in [0.15, 0.2) is 45.7 Å². The van der Waals surface area contributed by atoms with Gasteiger partial charge >= 0.3 is 0 Å². The number of furan rings is 1. The fourth-order valence-electron chi connectivity index (χ4n) is 2.93. The number of rotatable bonds is 4. The number of carbonyl (C=O) groups is 1. The Morgan fingerprint density at radius 2 is 1.81 bits per heavy atom. The molecule has 0 radical (unpaired) electrons. The van der Waals surface area contributed by atoms with Gasteiger partial charge in [0.25, 0.3) is 15.9 Å². The van der Waals surface area contributed by atoms with E-state index in [-0.39, 0.29) is 16.1 Å². The van der Waals surface area contributed by atoms with Gasteiger partial charge in [-0.2, -0.15) is 0 Å². The van der Waals surface area contributed by atoms with Crippen LogP contribution in [0.2, 0.25) is 0 Å². The van der Waals surface area contributed by atoms with Gasteiger partial charge in [0, 0.05) is 11.1 Å². The number of sulfonamides is 1. The molecule has 136 valence electrons. The zero-order chi connectivity index (χ0) is 19.1. The van der Waals surface area contributed by atoms with Crippen molar-refractivity contribution in [2.24, 2.45) is 0 Å². The molecule has 8 heteroatoms. The molecule has 0 spiro atoms. The lowest BCUT2D eigenvalue weighted by atomic mass is 10.1. The Labute approximate surface area is 150 Å². The second kappa shape index (κ2) is 6.47. The van der Waals surface area contributed by atoms with Crippen LogP contribution in [0.1, 0.15) is 27.2 Å². The van der Waals surface area contributed by atoms with Crippen molar-refractivity contribution in [3.63, 3.8) is 0 Å². The quantitative estimate of drug-likeness (QED) is 0.480. The number of nitrogens with one attached hydrogen (secondary N) is 2. The van der Waals surface area contributed by atoms with E-state index in [1.54, 1.807) is 49.7 Å². The number of benzene rings is 2. The zero-order valence-electron chi connectivity index (χ0n) is 14.5. The predicted molar refractivity (Wildman–Crippen MR) is 96.9 cm³/mol. The van der Waals surface area contributed by atoms with E-state index in [1.807, 2.05) is 6.92 Å². The first-order valence-corrected chi connectivity index (χ1v) is 9.29. The molecule has 0 saturated heterocycles. The maximum absolute atomic E-state index is 12.7. The molecule has 1 heterocycles. The van der Waals surface area contributed by atoms with Crippen LogP contribution in [0.4, 0.5) is 5.69 Å². The summed E-state index contributed by atoms with van der Waals surface area (Å²) in [5.74, 6) is -0.406. The first kappa shape index (κ1) is 18.0. The van der Waals surface area contributed by atoms with Crippen molar-refractivity contribution in [3.05, 3.63) is 58.8 Å². The van der Waals surface area contributed by atoms with Gasteiger partial charge < -0.3 is 4.42 Å². The highest BCUT2D eigenvalue weighted by molar-refractivity contribution is 7.92. The SMILES string of the molecule is Cc1ccc(S(=O)(=O)Nc2ccc3oc(C)c(C(=O)NO)c3c2)c(C)c1. The van der Waals surface area contributed by atoms with E-state index in [1.165, 1.54) is 6.07 Å². The van der Waals surface area contributed by atoms with Gasteiger partial charge in [0.2, 0.25) is 0 Å². The summed E-state index contributed by atoms with van der Waals surface area (Å²) < 4.78 is 33.4. The predicted octanol–water partition coefficient (Wildman–Crippen LogP) is 3.28. The fourth-order valence-corrected chi connectivity index (χ4v) is 4.21. The number of fused-ring (bicyclic) bond motifs is 1. The third-order valence-corrected chi connectivity index (χ3v) is 5.61. The van der Waals surface area contributed by atoms with Crippen molar-refractivity contribution in [3.8, 4) is 0 Å². The van der Waals surface area contributed by atoms with Crippen molar-refractivity contribution in [1.82, 2.24) is 5.48 Å². The summed E-state index contributed by atoms with van der Waals surface area (Å²) >= 11 is 0. The normalized spacial score (nSPS) is 11.5. The summed E-state index contributed by atoms with van der Waals surface area (Å²) in [5, 5.41) is 9.29. The van der Waals surface area contributed by atoms with E-state index >= 15 is 0 Å². The average molecular weight is 374 g/mol. The third kappa shape index (κ3) is 3.16. The smallest absolute Gasteiger partial charge is 0.278 e. The highest BCUT2D eigenvalue weighted by Gasteiger charge is 2.20. The molecule has 3 aromatic rings. The Bertz CT molecular complexity index is 1120. The molecular formula is C18H18N2O5S. The number of anilines is 1. The molecule has 26 heavy (non-hydrogen) atoms. The van der Waals surface area contributed by atoms with Crippen LogP contribution < -0.4 is 10.2 Å². The van der Waals surface area contributed by atoms with E-state index < -0.39 is 15.9 Å². The molecule has 3 rings (SSSR count). The van der Waals surface area contributed by atoms with Gasteiger partial charge in [-0.15, -0.1) is 0 Å². The monoisotopic (exact) mass is 374 g/mol. The highest BCUT2D eigenvalue weighted by Crippen LogP contribution is 2.29. The summed E-state index contributed by atoms with van der Waals surface area (Å²) in [6.45, 7) is 5.21. The summed E-state index contributed by atoms with van der Waals surface area (Å²) in [4.78, 5) is 12.0. The molecule has 0 unspecified atom stereocenters. The number of carbonyl (C=O) groups excluding carboxylic acids is 1. The number of hydroxylamine groups is 1. The standard InChI is InChI=1S/C18H18N2O5S/c1-10-4-7-16(11(2)8-10)26(23,24)20-13-5-6-15-14(9-13)17(12(3)25-15)18(21)19-22/h4-9,20,22H,1-3H3,(H,19,21). The molecule has 7 nitrogen and oxygen atoms in total. The van der Waals surface area contributed by atoms with E-state index in [0.717, 1.165) is 5.56 Å². The molecule has 1 aromatic heterocycles. The largest absolute Gasteiger partial charge is 0.461 e. The first-order chi connectivity index (χ1) is 12.2. The van der Waals surface area contributed by atoms with Crippen LogP contribution in [0, 0.1) is 20.8 Å². The second-order valence-corrected chi connectivity index (χ2v) is 7.71. The minimum Gasteiger partial charge on any atom is -0.461 e. The molecule has 0 bridgehead atoms. The topological polar surface area (TPSA) is 109 Å². The molecule has 0 aliphatic rings. The minimum absolute atomic E-state index is 0.148. The van der Waals surface area contributed by atoms with Crippen LogP contribution in [0.5, 0.6) is 0 Å². The Morgan fingerprint density at radius 3 is 2.46 bits per heavy atom. The van der Waals surface area contributed by atoms with E-state index in [0.29, 0.717) is 22.3 Å². The summed E-state index contributed by atoms with van der Waals surface area (Å²) in [6.07, 6.45) is 0. The molecule has 0 aliphatic heterocycles. The first-order valence-electron chi connectivity index (χ1n) is 7.80. The lowest BCUT2D eigenvalue weighted by Crippen LogP contribution is -2.19. The van der Waals surface area contributed by atoms with Crippen LogP contribution in [-0.4, -0.2) is 19.5 Å². The molecule has 0 atom stereocenters. The van der Waals surface area contributed by atoms with Gasteiger partial charge in [0.1, 0.15) is 11.3 Å². The maximum Gasteiger partial charge on any atom is 0.278 e. The highest BCUT2D eigenvalue weighted by atomic mass is 32.2. The zero-order valence-corrected chi connectivity index (χ0v) is 15.3. The molecule has 2 aromatic carbocycles. The van der Waals surface area contributed by atoms with Gasteiger partial charge in [0.05, 0.1) is 10.5 Å². The molecule has 0 aliphatic carbocycles. The molecular weight excluding hydrogens is 356 g/mol. The lowest BCUT2D eigenvalue weighted by molar-refractivity contribution is 0.0706. The van der Waals surface area contributed by atoms with Crippen molar-refractivity contribution in [1.29, 1.82) is 0 Å². The number of amides is 1. The third-order valence-electron chi connectivity index (χ3n) is 4.06. The Morgan fingerprint density at radius 1 is 1.08 bits per heavy atom. The van der Waals surface area contributed by atoms with Crippen molar-refractivity contribution in [2.75, 3.05) is 4.72 Å². The number of hydrogen-bond donors (Lipinski definition) is 3. The van der Waals surface area contributed by atoms with Crippen molar-refractivity contribution >= 4 is 32.6 Å². The fraction of sp³-hybridized carbons (Fsp3) is 0.167. The Kier molecular flexibility index (Phi) is 4.47. The van der Waals surface area contributed by atoms with Gasteiger partial charge in [-0.25, -0.2) is 13.9 Å². The Hall–Kier alpha value is -2.84. The van der Waals surface area contributed by atoms with Gasteiger partial charge in [-0.1, -0.05) is 17.7 Å². The van der Waals surface area contributed by atoms with Crippen LogP contribution in [0.3, 0.4) is 0 Å². The van der Waals surface area contributed by atoms with E-state index in [2.05, 4.69) is 4.72 Å². The summed E-state index contributed by atoms with van der Waals surface area (Å²) in [7, 11) is -3.79. The van der Waals surface area contributed by atoms with Crippen LogP contribution >= 0.6 is 0 Å². The molecule has 0 fully saturated rings. The number of aryl methyl sites for hydroxylation is 3. The van der Waals surface area contributed by atoms with Crippen molar-refractivity contribution in [2.45, 2.75) is 25.7 Å². The van der Waals surface area contributed by atoms with Gasteiger partial charge in [-0.05, 0) is 50.6 Å². The van der Waals surface area contributed by atoms with Crippen LogP contribution in [-0.2, 0) is 10.0 Å². The second-order valence-electron chi connectivity index (χ2n) is 6.06. The summed E-state index contributed by atoms with van der Waals surface area (Å²) in [6, 6.07) is 9.69. The average Bonchev–Trinajstić information content (AvgIpc) is 2.88. The van der Waals surface area contributed by atoms with E-state index in [4.69, 9.17) is 9.62 Å². The maximum atomic E-state index is 12.7. The molecule has 1 amide bonds. The molecule has 3 N–H and O–H groups in total.